The van der Waals surface area contributed by atoms with Crippen LogP contribution in [0.3, 0.4) is 0 Å². The van der Waals surface area contributed by atoms with E-state index in [1.54, 1.807) is 6.08 Å². The molecular formula is C64H121NO5. The van der Waals surface area contributed by atoms with Crippen molar-refractivity contribution in [1.29, 1.82) is 0 Å². The van der Waals surface area contributed by atoms with Crippen molar-refractivity contribution in [2.24, 2.45) is 0 Å². The van der Waals surface area contributed by atoms with Crippen LogP contribution in [0, 0.1) is 0 Å². The van der Waals surface area contributed by atoms with Crippen molar-refractivity contribution >= 4 is 11.9 Å². The van der Waals surface area contributed by atoms with Gasteiger partial charge in [0.2, 0.25) is 5.91 Å². The highest BCUT2D eigenvalue weighted by Crippen LogP contribution is 2.17. The number of carbonyl (C=O) groups is 2. The molecular weight excluding hydrogens is 863 g/mol. The van der Waals surface area contributed by atoms with E-state index >= 15 is 0 Å². The fourth-order valence-electron chi connectivity index (χ4n) is 9.63. The molecule has 6 heteroatoms. The van der Waals surface area contributed by atoms with Gasteiger partial charge in [0.25, 0.3) is 0 Å². The first-order valence-electron chi connectivity index (χ1n) is 31.3. The average Bonchev–Trinajstić information content (AvgIpc) is 3.36. The van der Waals surface area contributed by atoms with Gasteiger partial charge in [-0.05, 0) is 64.2 Å². The van der Waals surface area contributed by atoms with Crippen LogP contribution in [-0.2, 0) is 14.3 Å². The van der Waals surface area contributed by atoms with Gasteiger partial charge in [0.1, 0.15) is 0 Å². The number of carbonyl (C=O) groups excluding carboxylic acids is 2. The first kappa shape index (κ1) is 68.1. The fraction of sp³-hybridized carbons (Fsp3) is 0.875. The summed E-state index contributed by atoms with van der Waals surface area (Å²) in [6.45, 7) is 4.87. The number of hydrogen-bond acceptors (Lipinski definition) is 5. The summed E-state index contributed by atoms with van der Waals surface area (Å²) >= 11 is 0. The highest BCUT2D eigenvalue weighted by atomic mass is 16.5. The third-order valence-corrected chi connectivity index (χ3v) is 14.4. The van der Waals surface area contributed by atoms with E-state index in [0.29, 0.717) is 19.4 Å². The fourth-order valence-corrected chi connectivity index (χ4v) is 9.63. The van der Waals surface area contributed by atoms with E-state index in [1.807, 2.05) is 6.08 Å². The van der Waals surface area contributed by atoms with Crippen LogP contribution in [0.25, 0.3) is 0 Å². The second-order valence-electron chi connectivity index (χ2n) is 21.4. The molecule has 2 unspecified atom stereocenters. The molecule has 0 spiro atoms. The molecule has 0 heterocycles. The van der Waals surface area contributed by atoms with Crippen LogP contribution in [-0.4, -0.2) is 47.4 Å². The van der Waals surface area contributed by atoms with Gasteiger partial charge in [-0.3, -0.25) is 9.59 Å². The van der Waals surface area contributed by atoms with Gasteiger partial charge in [0.15, 0.2) is 0 Å². The average molecular weight is 985 g/mol. The van der Waals surface area contributed by atoms with E-state index in [9.17, 15) is 19.8 Å². The third-order valence-electron chi connectivity index (χ3n) is 14.4. The van der Waals surface area contributed by atoms with Crippen LogP contribution in [0.4, 0.5) is 0 Å². The van der Waals surface area contributed by atoms with Crippen LogP contribution >= 0.6 is 0 Å². The summed E-state index contributed by atoms with van der Waals surface area (Å²) in [7, 11) is 0. The molecule has 0 aromatic rings. The van der Waals surface area contributed by atoms with Crippen LogP contribution in [0.15, 0.2) is 36.5 Å². The number of nitrogens with one attached hydrogen (secondary N) is 1. The van der Waals surface area contributed by atoms with Crippen LogP contribution in [0.5, 0.6) is 0 Å². The SMILES string of the molecule is CCCCCCCCCCCCCCCCCCCCCCCC/C=C/C(O)C(CO)NC(=O)CCCCCCCC/C=C\C=C/CCCCCOC(=O)CCCCCCCCCCCCCCCC. The van der Waals surface area contributed by atoms with Crippen LogP contribution in [0.1, 0.15) is 335 Å². The number of rotatable bonds is 58. The third kappa shape index (κ3) is 55.4. The molecule has 0 aliphatic heterocycles. The van der Waals surface area contributed by atoms with Gasteiger partial charge in [-0.15, -0.1) is 0 Å². The van der Waals surface area contributed by atoms with Crippen LogP contribution in [0.2, 0.25) is 0 Å². The topological polar surface area (TPSA) is 95.9 Å². The Balaban J connectivity index is 3.53. The van der Waals surface area contributed by atoms with Crippen molar-refractivity contribution in [3.05, 3.63) is 36.5 Å². The number of allylic oxidation sites excluding steroid dienone is 5. The molecule has 6 nitrogen and oxygen atoms in total. The molecule has 0 fully saturated rings. The smallest absolute Gasteiger partial charge is 0.305 e. The van der Waals surface area contributed by atoms with Crippen molar-refractivity contribution in [2.45, 2.75) is 347 Å². The van der Waals surface area contributed by atoms with E-state index in [4.69, 9.17) is 4.74 Å². The normalized spacial score (nSPS) is 12.8. The van der Waals surface area contributed by atoms with E-state index in [2.05, 4.69) is 43.5 Å². The highest BCUT2D eigenvalue weighted by Gasteiger charge is 2.18. The van der Waals surface area contributed by atoms with Crippen molar-refractivity contribution in [2.75, 3.05) is 13.2 Å². The number of aliphatic hydroxyl groups is 2. The molecule has 70 heavy (non-hydrogen) atoms. The van der Waals surface area contributed by atoms with Gasteiger partial charge in [-0.25, -0.2) is 0 Å². The maximum Gasteiger partial charge on any atom is 0.305 e. The Morgan fingerprint density at radius 3 is 1.06 bits per heavy atom. The minimum Gasteiger partial charge on any atom is -0.466 e. The van der Waals surface area contributed by atoms with E-state index < -0.39 is 12.1 Å². The standard InChI is InChI=1S/C64H121NO5/c1-3-5-7-9-11-13-15-17-19-20-21-22-23-24-25-26-27-29-32-36-40-44-48-52-56-62(67)61(60-66)65-63(68)57-53-49-45-41-37-33-30-28-31-35-39-43-47-51-55-59-70-64(69)58-54-50-46-42-38-34-18-16-14-12-10-8-6-4-2/h28,31,35,39,52,56,61-62,66-67H,3-27,29-30,32-34,36-38,40-51,53-55,57-60H2,1-2H3,(H,65,68)/b31-28-,39-35-,56-52+. The minimum absolute atomic E-state index is 0.0202. The second kappa shape index (κ2) is 59.6. The number of unbranched alkanes of at least 4 members (excludes halogenated alkanes) is 44. The van der Waals surface area contributed by atoms with E-state index in [-0.39, 0.29) is 18.5 Å². The molecule has 2 atom stereocenters. The van der Waals surface area contributed by atoms with Crippen molar-refractivity contribution in [3.8, 4) is 0 Å². The monoisotopic (exact) mass is 984 g/mol. The molecule has 0 radical (unpaired) electrons. The Labute approximate surface area is 436 Å². The summed E-state index contributed by atoms with van der Waals surface area (Å²) in [5.74, 6) is -0.108. The Morgan fingerprint density at radius 2 is 0.700 bits per heavy atom. The molecule has 0 rings (SSSR count). The Kier molecular flexibility index (Phi) is 58.0. The summed E-state index contributed by atoms with van der Waals surface area (Å²) in [6, 6.07) is -0.646. The van der Waals surface area contributed by atoms with E-state index in [0.717, 1.165) is 77.0 Å². The molecule has 0 saturated carbocycles. The lowest BCUT2D eigenvalue weighted by Gasteiger charge is -2.20. The number of esters is 1. The lowest BCUT2D eigenvalue weighted by Crippen LogP contribution is -2.45. The maximum absolute atomic E-state index is 12.5. The zero-order valence-electron chi connectivity index (χ0n) is 47.0. The molecule has 1 amide bonds. The van der Waals surface area contributed by atoms with Crippen molar-refractivity contribution < 1.29 is 24.5 Å². The lowest BCUT2D eigenvalue weighted by atomic mass is 10.0. The number of hydrogen-bond donors (Lipinski definition) is 3. The maximum atomic E-state index is 12.5. The van der Waals surface area contributed by atoms with Crippen LogP contribution < -0.4 is 5.32 Å². The Morgan fingerprint density at radius 1 is 0.400 bits per heavy atom. The summed E-state index contributed by atoms with van der Waals surface area (Å²) in [5.41, 5.74) is 0. The Hall–Kier alpha value is -1.92. The molecule has 0 bridgehead atoms. The number of aliphatic hydroxyl groups excluding tert-OH is 2. The molecule has 0 aromatic heterocycles. The largest absolute Gasteiger partial charge is 0.466 e. The molecule has 0 aromatic carbocycles. The Bertz CT molecular complexity index is 1130. The molecule has 3 N–H and O–H groups in total. The zero-order valence-corrected chi connectivity index (χ0v) is 47.0. The quantitative estimate of drug-likeness (QED) is 0.0244. The van der Waals surface area contributed by atoms with Gasteiger partial charge in [0.05, 0.1) is 25.4 Å². The summed E-state index contributed by atoms with van der Waals surface area (Å²) in [5, 5.41) is 23.2. The predicted octanol–water partition coefficient (Wildman–Crippen LogP) is 19.6. The van der Waals surface area contributed by atoms with E-state index in [1.165, 1.54) is 231 Å². The molecule has 0 aliphatic carbocycles. The van der Waals surface area contributed by atoms with Gasteiger partial charge in [-0.2, -0.15) is 0 Å². The predicted molar refractivity (Wildman–Crippen MR) is 306 cm³/mol. The summed E-state index contributed by atoms with van der Waals surface area (Å²) in [4.78, 5) is 24.5. The molecule has 0 saturated heterocycles. The first-order valence-corrected chi connectivity index (χ1v) is 31.3. The highest BCUT2D eigenvalue weighted by molar-refractivity contribution is 5.76. The van der Waals surface area contributed by atoms with Gasteiger partial charge >= 0.3 is 5.97 Å². The summed E-state index contributed by atoms with van der Waals surface area (Å²) < 4.78 is 5.45. The van der Waals surface area contributed by atoms with Gasteiger partial charge in [0, 0.05) is 12.8 Å². The lowest BCUT2D eigenvalue weighted by molar-refractivity contribution is -0.143. The van der Waals surface area contributed by atoms with Gasteiger partial charge < -0.3 is 20.3 Å². The number of amides is 1. The zero-order chi connectivity index (χ0) is 50.7. The molecule has 0 aliphatic rings. The number of ether oxygens (including phenoxy) is 1. The van der Waals surface area contributed by atoms with Gasteiger partial charge in [-0.1, -0.05) is 294 Å². The minimum atomic E-state index is -0.860. The van der Waals surface area contributed by atoms with Crippen molar-refractivity contribution in [3.63, 3.8) is 0 Å². The van der Waals surface area contributed by atoms with Crippen molar-refractivity contribution in [1.82, 2.24) is 5.32 Å². The summed E-state index contributed by atoms with van der Waals surface area (Å²) in [6.07, 6.45) is 74.7. The first-order chi connectivity index (χ1) is 34.5. The molecule has 412 valence electrons. The second-order valence-corrected chi connectivity index (χ2v) is 21.4.